The fraction of sp³-hybridized carbons (Fsp3) is 0.238. The minimum absolute atomic E-state index is 0.0507. The first-order valence-corrected chi connectivity index (χ1v) is 8.68. The fourth-order valence-electron chi connectivity index (χ4n) is 2.78. The summed E-state index contributed by atoms with van der Waals surface area (Å²) < 4.78 is 7.02. The minimum atomic E-state index is 0.0507. The van der Waals surface area contributed by atoms with E-state index in [0.717, 1.165) is 22.4 Å². The van der Waals surface area contributed by atoms with Crippen LogP contribution in [-0.2, 0) is 24.3 Å². The van der Waals surface area contributed by atoms with E-state index in [0.29, 0.717) is 25.9 Å². The summed E-state index contributed by atoms with van der Waals surface area (Å²) in [6.07, 6.45) is 4.88. The topological polar surface area (TPSA) is 56.1 Å². The van der Waals surface area contributed by atoms with E-state index in [1.54, 1.807) is 13.3 Å². The molecule has 1 N–H and O–H groups in total. The molecule has 1 aromatic heterocycles. The van der Waals surface area contributed by atoms with Crippen molar-refractivity contribution >= 4 is 5.91 Å². The molecule has 0 spiro atoms. The number of hydrogen-bond donors (Lipinski definition) is 1. The summed E-state index contributed by atoms with van der Waals surface area (Å²) in [4.78, 5) is 12.2. The Labute approximate surface area is 153 Å². The maximum absolute atomic E-state index is 12.2. The molecule has 1 amide bonds. The van der Waals surface area contributed by atoms with E-state index < -0.39 is 0 Å². The van der Waals surface area contributed by atoms with Crippen LogP contribution in [0, 0.1) is 0 Å². The predicted octanol–water partition coefficient (Wildman–Crippen LogP) is 3.19. The van der Waals surface area contributed by atoms with Crippen molar-refractivity contribution in [3.63, 3.8) is 0 Å². The molecule has 0 atom stereocenters. The number of benzene rings is 2. The molecule has 3 rings (SSSR count). The molecule has 0 unspecified atom stereocenters. The van der Waals surface area contributed by atoms with E-state index in [1.807, 2.05) is 59.4 Å². The molecule has 0 aliphatic rings. The predicted molar refractivity (Wildman–Crippen MR) is 101 cm³/mol. The van der Waals surface area contributed by atoms with Gasteiger partial charge < -0.3 is 10.1 Å². The van der Waals surface area contributed by atoms with Crippen molar-refractivity contribution in [2.24, 2.45) is 0 Å². The number of carbonyl (C=O) groups is 1. The van der Waals surface area contributed by atoms with Crippen LogP contribution in [0.25, 0.3) is 0 Å². The van der Waals surface area contributed by atoms with E-state index in [4.69, 9.17) is 4.74 Å². The van der Waals surface area contributed by atoms with Gasteiger partial charge in [0.2, 0.25) is 5.91 Å². The normalized spacial score (nSPS) is 10.5. The molecule has 0 saturated heterocycles. The van der Waals surface area contributed by atoms with Crippen molar-refractivity contribution in [1.29, 1.82) is 0 Å². The molecular weight excluding hydrogens is 326 g/mol. The van der Waals surface area contributed by atoms with Gasteiger partial charge in [-0.1, -0.05) is 36.4 Å². The van der Waals surface area contributed by atoms with Crippen LogP contribution in [0.2, 0.25) is 0 Å². The molecular formula is C21H23N3O2. The van der Waals surface area contributed by atoms with Crippen molar-refractivity contribution in [1.82, 2.24) is 15.1 Å². The Morgan fingerprint density at radius 1 is 1.08 bits per heavy atom. The lowest BCUT2D eigenvalue weighted by Gasteiger charge is -2.11. The summed E-state index contributed by atoms with van der Waals surface area (Å²) >= 11 is 0. The summed E-state index contributed by atoms with van der Waals surface area (Å²) in [6, 6.07) is 17.8. The lowest BCUT2D eigenvalue weighted by Crippen LogP contribution is -2.23. The highest BCUT2D eigenvalue weighted by Crippen LogP contribution is 2.13. The van der Waals surface area contributed by atoms with Gasteiger partial charge in [-0.2, -0.15) is 5.10 Å². The number of rotatable bonds is 8. The van der Waals surface area contributed by atoms with E-state index in [9.17, 15) is 4.79 Å². The zero-order valence-corrected chi connectivity index (χ0v) is 14.9. The summed E-state index contributed by atoms with van der Waals surface area (Å²) in [5, 5.41) is 7.26. The highest BCUT2D eigenvalue weighted by atomic mass is 16.5. The third kappa shape index (κ3) is 4.96. The van der Waals surface area contributed by atoms with Crippen molar-refractivity contribution in [2.75, 3.05) is 7.11 Å². The maximum Gasteiger partial charge on any atom is 0.220 e. The first kappa shape index (κ1) is 17.7. The van der Waals surface area contributed by atoms with Gasteiger partial charge in [0.25, 0.3) is 0 Å². The Hall–Kier alpha value is -3.08. The summed E-state index contributed by atoms with van der Waals surface area (Å²) in [7, 11) is 1.65. The van der Waals surface area contributed by atoms with Crippen LogP contribution >= 0.6 is 0 Å². The Bertz CT molecular complexity index is 827. The molecule has 0 radical (unpaired) electrons. The number of aryl methyl sites for hydroxylation is 1. The molecule has 0 aliphatic carbocycles. The molecule has 0 saturated carbocycles. The molecule has 0 fully saturated rings. The van der Waals surface area contributed by atoms with Crippen LogP contribution in [0.15, 0.2) is 67.0 Å². The SMILES string of the molecule is COc1ccc(CCC(=O)NCc2ccccc2Cn2cccn2)cc1. The molecule has 3 aromatic rings. The van der Waals surface area contributed by atoms with Crippen LogP contribution in [0.4, 0.5) is 0 Å². The second-order valence-corrected chi connectivity index (χ2v) is 6.10. The third-order valence-electron chi connectivity index (χ3n) is 4.29. The lowest BCUT2D eigenvalue weighted by molar-refractivity contribution is -0.121. The second kappa shape index (κ2) is 8.85. The number of nitrogens with one attached hydrogen (secondary N) is 1. The monoisotopic (exact) mass is 349 g/mol. The number of amides is 1. The number of hydrogen-bond acceptors (Lipinski definition) is 3. The molecule has 5 nitrogen and oxygen atoms in total. The van der Waals surface area contributed by atoms with E-state index in [-0.39, 0.29) is 5.91 Å². The number of nitrogens with zero attached hydrogens (tertiary/aromatic N) is 2. The summed E-state index contributed by atoms with van der Waals surface area (Å²) in [6.45, 7) is 1.23. The average molecular weight is 349 g/mol. The highest BCUT2D eigenvalue weighted by Gasteiger charge is 2.06. The molecule has 2 aromatic carbocycles. The first-order valence-electron chi connectivity index (χ1n) is 8.68. The summed E-state index contributed by atoms with van der Waals surface area (Å²) in [5.41, 5.74) is 3.40. The Morgan fingerprint density at radius 2 is 1.85 bits per heavy atom. The lowest BCUT2D eigenvalue weighted by atomic mass is 10.1. The molecule has 0 aliphatic heterocycles. The number of ether oxygens (including phenoxy) is 1. The molecule has 1 heterocycles. The Kier molecular flexibility index (Phi) is 6.04. The van der Waals surface area contributed by atoms with Gasteiger partial charge in [0.1, 0.15) is 5.75 Å². The second-order valence-electron chi connectivity index (χ2n) is 6.10. The van der Waals surface area contributed by atoms with Crippen molar-refractivity contribution in [3.05, 3.63) is 83.7 Å². The van der Waals surface area contributed by atoms with Crippen molar-refractivity contribution in [2.45, 2.75) is 25.9 Å². The first-order chi connectivity index (χ1) is 12.7. The van der Waals surface area contributed by atoms with Crippen molar-refractivity contribution in [3.8, 4) is 5.75 Å². The molecule has 0 bridgehead atoms. The number of carbonyl (C=O) groups excluding carboxylic acids is 1. The quantitative estimate of drug-likeness (QED) is 0.679. The van der Waals surface area contributed by atoms with Gasteiger partial charge in [-0.15, -0.1) is 0 Å². The minimum Gasteiger partial charge on any atom is -0.497 e. The van der Waals surface area contributed by atoms with Crippen LogP contribution in [0.3, 0.4) is 0 Å². The Balaban J connectivity index is 1.51. The van der Waals surface area contributed by atoms with Crippen molar-refractivity contribution < 1.29 is 9.53 Å². The number of methoxy groups -OCH3 is 1. The van der Waals surface area contributed by atoms with Crippen LogP contribution in [0.1, 0.15) is 23.1 Å². The van der Waals surface area contributed by atoms with Gasteiger partial charge in [0, 0.05) is 25.4 Å². The van der Waals surface area contributed by atoms with E-state index in [1.165, 1.54) is 0 Å². The van der Waals surface area contributed by atoms with Gasteiger partial charge in [-0.25, -0.2) is 0 Å². The van der Waals surface area contributed by atoms with Crippen LogP contribution in [0.5, 0.6) is 5.75 Å². The van der Waals surface area contributed by atoms with E-state index >= 15 is 0 Å². The zero-order valence-electron chi connectivity index (χ0n) is 14.9. The maximum atomic E-state index is 12.2. The molecule has 134 valence electrons. The summed E-state index contributed by atoms with van der Waals surface area (Å²) in [5.74, 6) is 0.877. The van der Waals surface area contributed by atoms with Crippen LogP contribution in [-0.4, -0.2) is 22.8 Å². The average Bonchev–Trinajstić information content (AvgIpc) is 3.19. The van der Waals surface area contributed by atoms with Gasteiger partial charge in [0.05, 0.1) is 13.7 Å². The van der Waals surface area contributed by atoms with Gasteiger partial charge in [-0.3, -0.25) is 9.48 Å². The van der Waals surface area contributed by atoms with Crippen LogP contribution < -0.4 is 10.1 Å². The number of aromatic nitrogens is 2. The highest BCUT2D eigenvalue weighted by molar-refractivity contribution is 5.76. The van der Waals surface area contributed by atoms with Gasteiger partial charge in [0.15, 0.2) is 0 Å². The van der Waals surface area contributed by atoms with Gasteiger partial charge in [-0.05, 0) is 41.3 Å². The van der Waals surface area contributed by atoms with E-state index in [2.05, 4.69) is 16.5 Å². The standard InChI is InChI=1S/C21H23N3O2/c1-26-20-10-7-17(8-11-20)9-12-21(25)22-15-18-5-2-3-6-19(18)16-24-14-4-13-23-24/h2-8,10-11,13-14H,9,12,15-16H2,1H3,(H,22,25). The largest absolute Gasteiger partial charge is 0.497 e. The molecule has 5 heteroatoms. The van der Waals surface area contributed by atoms with Gasteiger partial charge >= 0.3 is 0 Å². The fourth-order valence-corrected chi connectivity index (χ4v) is 2.78. The third-order valence-corrected chi connectivity index (χ3v) is 4.29. The zero-order chi connectivity index (χ0) is 18.2. The molecule has 26 heavy (non-hydrogen) atoms. The smallest absolute Gasteiger partial charge is 0.220 e. The Morgan fingerprint density at radius 3 is 2.54 bits per heavy atom.